The molecule has 158 valence electrons. The minimum Gasteiger partial charge on any atom is -0.493 e. The molecule has 0 spiro atoms. The van der Waals surface area contributed by atoms with Gasteiger partial charge in [0, 0.05) is 4.47 Å². The first kappa shape index (κ1) is 22.0. The maximum Gasteiger partial charge on any atom is 0.343 e. The zero-order chi connectivity index (χ0) is 22.2. The first-order chi connectivity index (χ1) is 15.0. The fourth-order valence-corrected chi connectivity index (χ4v) is 3.09. The molecule has 1 N–H and O–H groups in total. The molecule has 0 radical (unpaired) electrons. The predicted molar refractivity (Wildman–Crippen MR) is 120 cm³/mol. The molecular weight excluding hydrogens is 464 g/mol. The van der Waals surface area contributed by atoms with E-state index in [9.17, 15) is 9.59 Å². The number of hydrogen-bond donors (Lipinski definition) is 1. The van der Waals surface area contributed by atoms with Gasteiger partial charge >= 0.3 is 5.97 Å². The Hall–Kier alpha value is -3.65. The van der Waals surface area contributed by atoms with E-state index in [0.29, 0.717) is 32.8 Å². The van der Waals surface area contributed by atoms with Gasteiger partial charge in [0.1, 0.15) is 5.75 Å². The van der Waals surface area contributed by atoms with Gasteiger partial charge in [0.05, 0.1) is 31.6 Å². The largest absolute Gasteiger partial charge is 0.493 e. The van der Waals surface area contributed by atoms with Gasteiger partial charge < -0.3 is 14.2 Å². The van der Waals surface area contributed by atoms with Crippen LogP contribution in [0.4, 0.5) is 0 Å². The number of nitrogens with one attached hydrogen (secondary N) is 1. The molecule has 0 atom stereocenters. The van der Waals surface area contributed by atoms with E-state index >= 15 is 0 Å². The lowest BCUT2D eigenvalue weighted by Crippen LogP contribution is -2.18. The van der Waals surface area contributed by atoms with Crippen molar-refractivity contribution in [3.63, 3.8) is 0 Å². The van der Waals surface area contributed by atoms with E-state index in [-0.39, 0.29) is 5.91 Å². The smallest absolute Gasteiger partial charge is 0.343 e. The van der Waals surface area contributed by atoms with E-state index in [2.05, 4.69) is 26.5 Å². The molecule has 0 saturated heterocycles. The highest BCUT2D eigenvalue weighted by Gasteiger charge is 2.13. The van der Waals surface area contributed by atoms with Crippen LogP contribution >= 0.6 is 15.9 Å². The van der Waals surface area contributed by atoms with Crippen LogP contribution in [0.15, 0.2) is 76.3 Å². The van der Waals surface area contributed by atoms with Crippen LogP contribution in [-0.2, 0) is 0 Å². The molecule has 0 fully saturated rings. The van der Waals surface area contributed by atoms with Crippen molar-refractivity contribution in [2.45, 2.75) is 0 Å². The molecule has 3 rings (SSSR count). The van der Waals surface area contributed by atoms with Crippen molar-refractivity contribution in [3.05, 3.63) is 87.9 Å². The van der Waals surface area contributed by atoms with Gasteiger partial charge in [-0.3, -0.25) is 4.79 Å². The van der Waals surface area contributed by atoms with Crippen molar-refractivity contribution >= 4 is 34.0 Å². The second-order valence-corrected chi connectivity index (χ2v) is 7.06. The van der Waals surface area contributed by atoms with Gasteiger partial charge in [-0.1, -0.05) is 12.1 Å². The highest BCUT2D eigenvalue weighted by atomic mass is 79.9. The molecule has 0 aliphatic rings. The molecule has 1 amide bonds. The third kappa shape index (κ3) is 5.70. The summed E-state index contributed by atoms with van der Waals surface area (Å²) in [5.41, 5.74) is 4.01. The number of amides is 1. The summed E-state index contributed by atoms with van der Waals surface area (Å²) >= 11 is 3.33. The number of nitrogens with zero attached hydrogens (tertiary/aromatic N) is 1. The zero-order valence-corrected chi connectivity index (χ0v) is 18.4. The second kappa shape index (κ2) is 10.4. The minimum absolute atomic E-state index is 0.329. The Bertz CT molecular complexity index is 1110. The maximum absolute atomic E-state index is 12.4. The first-order valence-corrected chi connectivity index (χ1v) is 9.93. The second-order valence-electron chi connectivity index (χ2n) is 6.21. The molecule has 0 aliphatic heterocycles. The molecule has 0 aromatic heterocycles. The average Bonchev–Trinajstić information content (AvgIpc) is 2.79. The van der Waals surface area contributed by atoms with Crippen molar-refractivity contribution in [1.29, 1.82) is 0 Å². The van der Waals surface area contributed by atoms with Crippen molar-refractivity contribution in [1.82, 2.24) is 5.43 Å². The van der Waals surface area contributed by atoms with Crippen LogP contribution < -0.4 is 19.6 Å². The number of esters is 1. The first-order valence-electron chi connectivity index (χ1n) is 9.14. The van der Waals surface area contributed by atoms with Gasteiger partial charge in [-0.05, 0) is 76.1 Å². The lowest BCUT2D eigenvalue weighted by atomic mass is 10.2. The van der Waals surface area contributed by atoms with E-state index in [1.807, 2.05) is 6.07 Å². The number of ether oxygens (including phenoxy) is 3. The van der Waals surface area contributed by atoms with Gasteiger partial charge in [0.25, 0.3) is 5.91 Å². The summed E-state index contributed by atoms with van der Waals surface area (Å²) in [5, 5.41) is 3.95. The van der Waals surface area contributed by atoms with Crippen molar-refractivity contribution in [2.75, 3.05) is 14.2 Å². The summed E-state index contributed by atoms with van der Waals surface area (Å²) < 4.78 is 16.4. The van der Waals surface area contributed by atoms with Crippen LogP contribution in [0.1, 0.15) is 26.3 Å². The lowest BCUT2D eigenvalue weighted by molar-refractivity contribution is 0.0734. The summed E-state index contributed by atoms with van der Waals surface area (Å²) in [6.07, 6.45) is 1.49. The molecule has 0 bridgehead atoms. The van der Waals surface area contributed by atoms with Crippen LogP contribution in [0.3, 0.4) is 0 Å². The quantitative estimate of drug-likeness (QED) is 0.232. The van der Waals surface area contributed by atoms with E-state index in [1.165, 1.54) is 20.4 Å². The Morgan fingerprint density at radius 2 is 1.65 bits per heavy atom. The molecule has 7 nitrogen and oxygen atoms in total. The van der Waals surface area contributed by atoms with Crippen LogP contribution in [0.25, 0.3) is 0 Å². The molecule has 0 unspecified atom stereocenters. The summed E-state index contributed by atoms with van der Waals surface area (Å²) in [7, 11) is 3.01. The molecule has 0 saturated carbocycles. The summed E-state index contributed by atoms with van der Waals surface area (Å²) in [5.74, 6) is 0.476. The molecule has 8 heteroatoms. The van der Waals surface area contributed by atoms with Crippen molar-refractivity contribution in [2.24, 2.45) is 5.10 Å². The average molecular weight is 483 g/mol. The van der Waals surface area contributed by atoms with Crippen molar-refractivity contribution in [3.8, 4) is 17.2 Å². The number of hydrazone groups is 1. The van der Waals surface area contributed by atoms with E-state index < -0.39 is 5.97 Å². The fourth-order valence-electron chi connectivity index (χ4n) is 2.62. The SMILES string of the molecule is COc1ccc(C(=O)Oc2ccc(C=NNC(=O)c3ccccc3Br)cc2)cc1OC. The Morgan fingerprint density at radius 3 is 2.32 bits per heavy atom. The third-order valence-electron chi connectivity index (χ3n) is 4.21. The standard InChI is InChI=1S/C23H19BrN2O5/c1-29-20-12-9-16(13-21(20)30-2)23(28)31-17-10-7-15(8-11-17)14-25-26-22(27)18-5-3-4-6-19(18)24/h3-14H,1-2H3,(H,26,27). The highest BCUT2D eigenvalue weighted by molar-refractivity contribution is 9.10. The summed E-state index contributed by atoms with van der Waals surface area (Å²) in [6, 6.07) is 18.5. The van der Waals surface area contributed by atoms with Crippen molar-refractivity contribution < 1.29 is 23.8 Å². The molecule has 0 aliphatic carbocycles. The van der Waals surface area contributed by atoms with Gasteiger partial charge in [0.15, 0.2) is 11.5 Å². The maximum atomic E-state index is 12.4. The van der Waals surface area contributed by atoms with Gasteiger partial charge in [-0.25, -0.2) is 10.2 Å². The fraction of sp³-hybridized carbons (Fsp3) is 0.0870. The summed E-state index contributed by atoms with van der Waals surface area (Å²) in [4.78, 5) is 24.5. The number of benzene rings is 3. The van der Waals surface area contributed by atoms with Gasteiger partial charge in [0.2, 0.25) is 0 Å². The van der Waals surface area contributed by atoms with E-state index in [1.54, 1.807) is 60.7 Å². The molecule has 0 heterocycles. The number of carbonyl (C=O) groups is 2. The predicted octanol–water partition coefficient (Wildman–Crippen LogP) is 4.45. The van der Waals surface area contributed by atoms with Gasteiger partial charge in [-0.15, -0.1) is 0 Å². The normalized spacial score (nSPS) is 10.5. The lowest BCUT2D eigenvalue weighted by Gasteiger charge is -2.09. The van der Waals surface area contributed by atoms with E-state index in [0.717, 1.165) is 5.56 Å². The number of rotatable bonds is 7. The van der Waals surface area contributed by atoms with Gasteiger partial charge in [-0.2, -0.15) is 5.10 Å². The number of hydrogen-bond acceptors (Lipinski definition) is 6. The Morgan fingerprint density at radius 1 is 0.935 bits per heavy atom. The Balaban J connectivity index is 1.60. The topological polar surface area (TPSA) is 86.2 Å². The van der Waals surface area contributed by atoms with Crippen LogP contribution in [0, 0.1) is 0 Å². The molecule has 3 aromatic carbocycles. The highest BCUT2D eigenvalue weighted by Crippen LogP contribution is 2.28. The van der Waals surface area contributed by atoms with Crippen LogP contribution in [0.5, 0.6) is 17.2 Å². The third-order valence-corrected chi connectivity index (χ3v) is 4.90. The van der Waals surface area contributed by atoms with E-state index in [4.69, 9.17) is 14.2 Å². The minimum atomic E-state index is -0.525. The number of methoxy groups -OCH3 is 2. The number of carbonyl (C=O) groups excluding carboxylic acids is 2. The van der Waals surface area contributed by atoms with Crippen LogP contribution in [0.2, 0.25) is 0 Å². The van der Waals surface area contributed by atoms with Crippen LogP contribution in [-0.4, -0.2) is 32.3 Å². The zero-order valence-electron chi connectivity index (χ0n) is 16.8. The monoisotopic (exact) mass is 482 g/mol. The molecular formula is C23H19BrN2O5. The Kier molecular flexibility index (Phi) is 7.40. The molecule has 31 heavy (non-hydrogen) atoms. The summed E-state index contributed by atoms with van der Waals surface area (Å²) in [6.45, 7) is 0. The number of halogens is 1. The Labute approximate surface area is 187 Å². The molecule has 3 aromatic rings.